The number of nitrogen functional groups attached to an aromatic ring is 2. The lowest BCUT2D eigenvalue weighted by molar-refractivity contribution is 0.878. The lowest BCUT2D eigenvalue weighted by Crippen LogP contribution is -2.01. The molecule has 5 nitrogen and oxygen atoms in total. The van der Waals surface area contributed by atoms with Crippen LogP contribution in [0.15, 0.2) is 0 Å². The quantitative estimate of drug-likeness (QED) is 0.433. The van der Waals surface area contributed by atoms with Crippen molar-refractivity contribution in [1.82, 2.24) is 15.4 Å². The highest BCUT2D eigenvalue weighted by molar-refractivity contribution is 7.71. The van der Waals surface area contributed by atoms with E-state index in [1.807, 2.05) is 0 Å². The van der Waals surface area contributed by atoms with Gasteiger partial charge in [-0.3, -0.25) is 0 Å². The predicted octanol–water partition coefficient (Wildman–Crippen LogP) is -0.301. The molecule has 5 N–H and O–H groups in total. The van der Waals surface area contributed by atoms with Crippen molar-refractivity contribution in [2.24, 2.45) is 0 Å². The second-order valence-electron chi connectivity index (χ2n) is 1.42. The van der Waals surface area contributed by atoms with Crippen LogP contribution in [0.25, 0.3) is 0 Å². The molecule has 1 heterocycles. The predicted molar refractivity (Wildman–Crippen MR) is 36.0 cm³/mol. The summed E-state index contributed by atoms with van der Waals surface area (Å²) in [5.74, 6) is 0.412. The van der Waals surface area contributed by atoms with Crippen LogP contribution in [0.3, 0.4) is 0 Å². The smallest absolute Gasteiger partial charge is 0.167 e. The first-order valence-electron chi connectivity index (χ1n) is 2.18. The van der Waals surface area contributed by atoms with Gasteiger partial charge >= 0.3 is 0 Å². The van der Waals surface area contributed by atoms with Gasteiger partial charge in [0.2, 0.25) is 0 Å². The lowest BCUT2D eigenvalue weighted by atomic mass is 10.6. The molecule has 0 bridgehead atoms. The summed E-state index contributed by atoms with van der Waals surface area (Å²) in [5.41, 5.74) is 10.5. The van der Waals surface area contributed by atoms with E-state index in [2.05, 4.69) is 15.4 Å². The molecule has 0 fully saturated rings. The Balaban J connectivity index is 3.43. The lowest BCUT2D eigenvalue weighted by Gasteiger charge is -1.91. The highest BCUT2D eigenvalue weighted by atomic mass is 32.1. The molecule has 6 heteroatoms. The Labute approximate surface area is 56.1 Å². The Kier molecular flexibility index (Phi) is 1.31. The standard InChI is InChI=1S/C3H5N5S/c4-2-1(9)3(5)7-8-6-2/h(H,8,9)(H4,4,5,6,7). The number of aromatic amines is 1. The maximum atomic E-state index is 5.25. The van der Waals surface area contributed by atoms with Crippen LogP contribution in [0, 0.1) is 4.51 Å². The number of nitrogens with one attached hydrogen (secondary N) is 1. The van der Waals surface area contributed by atoms with Gasteiger partial charge in [-0.15, -0.1) is 10.2 Å². The summed E-state index contributed by atoms with van der Waals surface area (Å²) < 4.78 is 0.300. The average Bonchev–Trinajstić information content (AvgIpc) is 1.83. The van der Waals surface area contributed by atoms with E-state index >= 15 is 0 Å². The molecule has 1 aromatic heterocycles. The number of nitrogens with two attached hydrogens (primary N) is 2. The molecule has 0 aromatic carbocycles. The van der Waals surface area contributed by atoms with Crippen molar-refractivity contribution >= 4 is 23.9 Å². The molecule has 0 aliphatic heterocycles. The first-order valence-corrected chi connectivity index (χ1v) is 2.58. The summed E-state index contributed by atoms with van der Waals surface area (Å²) in [6.45, 7) is 0. The fourth-order valence-electron chi connectivity index (χ4n) is 0.365. The van der Waals surface area contributed by atoms with Gasteiger partial charge in [0.1, 0.15) is 4.51 Å². The van der Waals surface area contributed by atoms with Crippen molar-refractivity contribution in [1.29, 1.82) is 0 Å². The first-order chi connectivity index (χ1) is 4.22. The molecule has 0 saturated carbocycles. The highest BCUT2D eigenvalue weighted by Crippen LogP contribution is 2.02. The number of aromatic nitrogens is 3. The minimum atomic E-state index is 0.206. The number of hydrogen-bond acceptors (Lipinski definition) is 5. The Morgan fingerprint density at radius 2 is 1.67 bits per heavy atom. The molecule has 0 atom stereocenters. The molecule has 0 aliphatic carbocycles. The molecule has 0 saturated heterocycles. The molecular formula is C3H5N5S. The van der Waals surface area contributed by atoms with E-state index in [0.29, 0.717) is 4.51 Å². The van der Waals surface area contributed by atoms with Gasteiger partial charge in [-0.2, -0.15) is 5.21 Å². The zero-order chi connectivity index (χ0) is 6.85. The van der Waals surface area contributed by atoms with Crippen molar-refractivity contribution in [3.63, 3.8) is 0 Å². The van der Waals surface area contributed by atoms with Gasteiger partial charge in [-0.25, -0.2) is 0 Å². The molecule has 0 spiro atoms. The largest absolute Gasteiger partial charge is 0.381 e. The van der Waals surface area contributed by atoms with Crippen LogP contribution in [-0.2, 0) is 0 Å². The van der Waals surface area contributed by atoms with Gasteiger partial charge in [0.25, 0.3) is 0 Å². The molecule has 0 aliphatic rings. The average molecular weight is 143 g/mol. The van der Waals surface area contributed by atoms with Crippen LogP contribution < -0.4 is 11.5 Å². The summed E-state index contributed by atoms with van der Waals surface area (Å²) in [7, 11) is 0. The van der Waals surface area contributed by atoms with Gasteiger partial charge < -0.3 is 11.5 Å². The Bertz CT molecular complexity index is 242. The molecule has 0 amide bonds. The van der Waals surface area contributed by atoms with Crippen LogP contribution in [-0.4, -0.2) is 15.4 Å². The van der Waals surface area contributed by atoms with Crippen LogP contribution in [0.1, 0.15) is 0 Å². The molecule has 0 radical (unpaired) electrons. The van der Waals surface area contributed by atoms with E-state index in [1.54, 1.807) is 0 Å². The van der Waals surface area contributed by atoms with E-state index in [0.717, 1.165) is 0 Å². The van der Waals surface area contributed by atoms with E-state index in [4.69, 9.17) is 23.7 Å². The highest BCUT2D eigenvalue weighted by Gasteiger charge is 1.93. The third-order valence-corrected chi connectivity index (χ3v) is 1.22. The maximum absolute atomic E-state index is 5.25. The van der Waals surface area contributed by atoms with E-state index < -0.39 is 0 Å². The third-order valence-electron chi connectivity index (χ3n) is 0.806. The number of anilines is 2. The van der Waals surface area contributed by atoms with Gasteiger partial charge in [0.15, 0.2) is 11.6 Å². The van der Waals surface area contributed by atoms with Gasteiger partial charge in [-0.1, -0.05) is 12.2 Å². The Morgan fingerprint density at radius 1 is 1.22 bits per heavy atom. The van der Waals surface area contributed by atoms with E-state index in [-0.39, 0.29) is 11.6 Å². The second kappa shape index (κ2) is 1.98. The molecule has 48 valence electrons. The summed E-state index contributed by atoms with van der Waals surface area (Å²) in [6, 6.07) is 0. The van der Waals surface area contributed by atoms with Crippen molar-refractivity contribution in [3.05, 3.63) is 4.51 Å². The minimum Gasteiger partial charge on any atom is -0.381 e. The van der Waals surface area contributed by atoms with Crippen LogP contribution in [0.2, 0.25) is 0 Å². The zero-order valence-corrected chi connectivity index (χ0v) is 5.27. The third kappa shape index (κ3) is 0.968. The van der Waals surface area contributed by atoms with Gasteiger partial charge in [0.05, 0.1) is 0 Å². The molecule has 1 rings (SSSR count). The van der Waals surface area contributed by atoms with Crippen molar-refractivity contribution in [2.75, 3.05) is 11.5 Å². The Morgan fingerprint density at radius 3 is 2.00 bits per heavy atom. The van der Waals surface area contributed by atoms with Crippen LogP contribution in [0.5, 0.6) is 0 Å². The summed E-state index contributed by atoms with van der Waals surface area (Å²) >= 11 is 4.70. The SMILES string of the molecule is Nc1n[nH]nc(N)c1=S. The van der Waals surface area contributed by atoms with Crippen molar-refractivity contribution in [3.8, 4) is 0 Å². The minimum absolute atomic E-state index is 0.206. The van der Waals surface area contributed by atoms with Crippen molar-refractivity contribution in [2.45, 2.75) is 0 Å². The van der Waals surface area contributed by atoms with Gasteiger partial charge in [0, 0.05) is 0 Å². The number of hydrogen-bond donors (Lipinski definition) is 3. The monoisotopic (exact) mass is 143 g/mol. The fraction of sp³-hybridized carbons (Fsp3) is 0. The molecular weight excluding hydrogens is 138 g/mol. The second-order valence-corrected chi connectivity index (χ2v) is 1.83. The number of H-pyrrole nitrogens is 1. The molecule has 9 heavy (non-hydrogen) atoms. The maximum Gasteiger partial charge on any atom is 0.167 e. The van der Waals surface area contributed by atoms with E-state index in [1.165, 1.54) is 0 Å². The molecule has 1 aromatic rings. The topological polar surface area (TPSA) is 93.6 Å². The Hall–Kier alpha value is -1.17. The summed E-state index contributed by atoms with van der Waals surface area (Å²) in [6.07, 6.45) is 0. The number of nitrogens with zero attached hydrogens (tertiary/aromatic N) is 2. The summed E-state index contributed by atoms with van der Waals surface area (Å²) in [5, 5.41) is 9.25. The number of rotatable bonds is 0. The van der Waals surface area contributed by atoms with Crippen LogP contribution >= 0.6 is 12.2 Å². The zero-order valence-electron chi connectivity index (χ0n) is 4.46. The van der Waals surface area contributed by atoms with Crippen LogP contribution in [0.4, 0.5) is 11.6 Å². The normalized spacial score (nSPS) is 9.33. The van der Waals surface area contributed by atoms with E-state index in [9.17, 15) is 0 Å². The summed E-state index contributed by atoms with van der Waals surface area (Å²) in [4.78, 5) is 0. The molecule has 0 unspecified atom stereocenters. The first kappa shape index (κ1) is 5.96. The van der Waals surface area contributed by atoms with Crippen molar-refractivity contribution < 1.29 is 0 Å². The van der Waals surface area contributed by atoms with Gasteiger partial charge in [-0.05, 0) is 0 Å². The fourth-order valence-corrected chi connectivity index (χ4v) is 0.457.